The van der Waals surface area contributed by atoms with Gasteiger partial charge < -0.3 is 4.74 Å². The molecule has 4 aromatic carbocycles. The van der Waals surface area contributed by atoms with Crippen molar-refractivity contribution in [2.45, 2.75) is 0 Å². The highest BCUT2D eigenvalue weighted by molar-refractivity contribution is 6.25. The molecule has 0 aliphatic carbocycles. The summed E-state index contributed by atoms with van der Waals surface area (Å²) in [7, 11) is 3.16. The molecule has 0 fully saturated rings. The number of hydrogen-bond donors (Lipinski definition) is 0. The number of hydrogen-bond acceptors (Lipinski definition) is 3. The van der Waals surface area contributed by atoms with Crippen molar-refractivity contribution in [1.82, 2.24) is 4.90 Å². The van der Waals surface area contributed by atoms with E-state index in [0.29, 0.717) is 16.5 Å². The van der Waals surface area contributed by atoms with Gasteiger partial charge in [-0.3, -0.25) is 14.5 Å². The Bertz CT molecular complexity index is 1420. The van der Waals surface area contributed by atoms with E-state index in [2.05, 4.69) is 11.8 Å². The van der Waals surface area contributed by atoms with Gasteiger partial charge in [0, 0.05) is 34.7 Å². The number of methoxy groups -OCH3 is 1. The molecule has 0 aromatic heterocycles. The number of rotatable bonds is 1. The number of imide groups is 1. The minimum Gasteiger partial charge on any atom is -0.497 e. The zero-order chi connectivity index (χ0) is 20.8. The molecule has 0 atom stereocenters. The van der Waals surface area contributed by atoms with E-state index in [9.17, 15) is 9.59 Å². The van der Waals surface area contributed by atoms with Crippen LogP contribution in [0.15, 0.2) is 66.7 Å². The lowest BCUT2D eigenvalue weighted by molar-refractivity contribution is 0.0650. The lowest BCUT2D eigenvalue weighted by Crippen LogP contribution is -2.36. The molecule has 0 spiro atoms. The summed E-state index contributed by atoms with van der Waals surface area (Å²) in [6.07, 6.45) is 0. The first-order valence-corrected chi connectivity index (χ1v) is 9.55. The summed E-state index contributed by atoms with van der Waals surface area (Å²) in [5.41, 5.74) is 2.75. The lowest BCUT2D eigenvalue weighted by atomic mass is 9.91. The summed E-state index contributed by atoms with van der Waals surface area (Å²) < 4.78 is 5.27. The SMILES string of the molecule is COc1ccc2cc(C#Cc3ccc4c5c(cccc35)C(=O)N(C)C4=O)ccc2c1. The molecule has 4 heteroatoms. The minimum absolute atomic E-state index is 0.284. The topological polar surface area (TPSA) is 46.6 Å². The summed E-state index contributed by atoms with van der Waals surface area (Å²) >= 11 is 0. The Kier molecular flexibility index (Phi) is 4.04. The van der Waals surface area contributed by atoms with Crippen LogP contribution in [0.5, 0.6) is 5.75 Å². The van der Waals surface area contributed by atoms with E-state index in [1.807, 2.05) is 54.6 Å². The van der Waals surface area contributed by atoms with Crippen molar-refractivity contribution in [2.75, 3.05) is 14.2 Å². The van der Waals surface area contributed by atoms with E-state index >= 15 is 0 Å². The number of ether oxygens (including phenoxy) is 1. The van der Waals surface area contributed by atoms with E-state index < -0.39 is 0 Å². The van der Waals surface area contributed by atoms with E-state index in [-0.39, 0.29) is 11.8 Å². The fraction of sp³-hybridized carbons (Fsp3) is 0.0769. The summed E-state index contributed by atoms with van der Waals surface area (Å²) in [6.45, 7) is 0. The molecular formula is C26H17NO3. The van der Waals surface area contributed by atoms with Crippen LogP contribution in [0.3, 0.4) is 0 Å². The molecule has 0 saturated carbocycles. The first-order valence-electron chi connectivity index (χ1n) is 9.55. The predicted octanol–water partition coefficient (Wildman–Crippen LogP) is 4.63. The van der Waals surface area contributed by atoms with Gasteiger partial charge in [-0.15, -0.1) is 0 Å². The molecule has 5 rings (SSSR count). The van der Waals surface area contributed by atoms with Gasteiger partial charge in [0.1, 0.15) is 5.75 Å². The molecule has 0 bridgehead atoms. The van der Waals surface area contributed by atoms with Crippen LogP contribution < -0.4 is 4.74 Å². The van der Waals surface area contributed by atoms with Crippen molar-refractivity contribution in [3.8, 4) is 17.6 Å². The molecule has 30 heavy (non-hydrogen) atoms. The molecule has 0 unspecified atom stereocenters. The number of nitrogens with zero attached hydrogens (tertiary/aromatic N) is 1. The lowest BCUT2D eigenvalue weighted by Gasteiger charge is -2.23. The smallest absolute Gasteiger partial charge is 0.261 e. The van der Waals surface area contributed by atoms with Crippen LogP contribution >= 0.6 is 0 Å². The van der Waals surface area contributed by atoms with Crippen LogP contribution in [0, 0.1) is 11.8 Å². The third kappa shape index (κ3) is 2.72. The van der Waals surface area contributed by atoms with E-state index in [1.165, 1.54) is 7.05 Å². The Hall–Kier alpha value is -4.10. The van der Waals surface area contributed by atoms with Gasteiger partial charge in [0.2, 0.25) is 0 Å². The summed E-state index contributed by atoms with van der Waals surface area (Å²) in [6, 6.07) is 21.1. The van der Waals surface area contributed by atoms with Gasteiger partial charge in [0.15, 0.2) is 0 Å². The van der Waals surface area contributed by atoms with Crippen LogP contribution in [-0.2, 0) is 0 Å². The number of amides is 2. The van der Waals surface area contributed by atoms with Gasteiger partial charge in [-0.05, 0) is 58.6 Å². The Labute approximate surface area is 173 Å². The van der Waals surface area contributed by atoms with Crippen LogP contribution in [0.2, 0.25) is 0 Å². The molecule has 4 aromatic rings. The quantitative estimate of drug-likeness (QED) is 0.351. The first-order chi connectivity index (χ1) is 14.6. The van der Waals surface area contributed by atoms with Gasteiger partial charge in [0.05, 0.1) is 7.11 Å². The van der Waals surface area contributed by atoms with E-state index in [0.717, 1.165) is 37.9 Å². The molecule has 4 nitrogen and oxygen atoms in total. The largest absolute Gasteiger partial charge is 0.497 e. The van der Waals surface area contributed by atoms with E-state index in [1.54, 1.807) is 19.2 Å². The summed E-state index contributed by atoms with van der Waals surface area (Å²) in [5.74, 6) is 6.69. The highest BCUT2D eigenvalue weighted by atomic mass is 16.5. The Morgan fingerprint density at radius 2 is 1.53 bits per heavy atom. The van der Waals surface area contributed by atoms with Crippen molar-refractivity contribution in [1.29, 1.82) is 0 Å². The second kappa shape index (κ2) is 6.75. The normalized spacial score (nSPS) is 12.8. The average molecular weight is 391 g/mol. The van der Waals surface area contributed by atoms with E-state index in [4.69, 9.17) is 4.74 Å². The second-order valence-electron chi connectivity index (χ2n) is 7.24. The molecule has 2 amide bonds. The van der Waals surface area contributed by atoms with Gasteiger partial charge in [-0.1, -0.05) is 36.1 Å². The molecule has 0 N–H and O–H groups in total. The number of carbonyl (C=O) groups excluding carboxylic acids is 2. The Morgan fingerprint density at radius 1 is 0.800 bits per heavy atom. The Balaban J connectivity index is 1.62. The zero-order valence-electron chi connectivity index (χ0n) is 16.5. The average Bonchev–Trinajstić information content (AvgIpc) is 2.79. The van der Waals surface area contributed by atoms with Crippen molar-refractivity contribution in [3.05, 3.63) is 89.0 Å². The van der Waals surface area contributed by atoms with Crippen LogP contribution in [0.1, 0.15) is 31.8 Å². The maximum absolute atomic E-state index is 12.5. The summed E-state index contributed by atoms with van der Waals surface area (Å²) in [4.78, 5) is 26.2. The summed E-state index contributed by atoms with van der Waals surface area (Å²) in [5, 5.41) is 3.67. The van der Waals surface area contributed by atoms with Crippen LogP contribution in [0.25, 0.3) is 21.5 Å². The molecule has 0 radical (unpaired) electrons. The molecule has 1 aliphatic heterocycles. The number of fused-ring (bicyclic) bond motifs is 1. The molecule has 0 saturated heterocycles. The Morgan fingerprint density at radius 3 is 2.33 bits per heavy atom. The van der Waals surface area contributed by atoms with Crippen molar-refractivity contribution >= 4 is 33.4 Å². The number of benzene rings is 4. The predicted molar refractivity (Wildman–Crippen MR) is 117 cm³/mol. The first kappa shape index (κ1) is 18.0. The van der Waals surface area contributed by atoms with Crippen LogP contribution in [0.4, 0.5) is 0 Å². The van der Waals surface area contributed by atoms with Gasteiger partial charge in [-0.25, -0.2) is 0 Å². The minimum atomic E-state index is -0.284. The maximum atomic E-state index is 12.5. The maximum Gasteiger partial charge on any atom is 0.261 e. The fourth-order valence-corrected chi connectivity index (χ4v) is 3.89. The molecular weight excluding hydrogens is 374 g/mol. The third-order valence-corrected chi connectivity index (χ3v) is 5.50. The standard InChI is InChI=1S/C26H17NO3/c1-27-25(28)22-5-3-4-21-17(11-13-23(24(21)22)26(27)29)8-6-16-7-9-19-15-20(30-2)12-10-18(19)14-16/h3-5,7,9-15H,1-2H3. The van der Waals surface area contributed by atoms with Crippen molar-refractivity contribution < 1.29 is 14.3 Å². The molecule has 1 aliphatic rings. The molecule has 1 heterocycles. The fourth-order valence-electron chi connectivity index (χ4n) is 3.89. The van der Waals surface area contributed by atoms with Gasteiger partial charge in [-0.2, -0.15) is 0 Å². The number of carbonyl (C=O) groups is 2. The highest BCUT2D eigenvalue weighted by Crippen LogP contribution is 2.31. The van der Waals surface area contributed by atoms with Crippen molar-refractivity contribution in [3.63, 3.8) is 0 Å². The van der Waals surface area contributed by atoms with Gasteiger partial charge in [0.25, 0.3) is 11.8 Å². The second-order valence-corrected chi connectivity index (χ2v) is 7.24. The van der Waals surface area contributed by atoms with Crippen LogP contribution in [-0.4, -0.2) is 30.9 Å². The molecule has 144 valence electrons. The van der Waals surface area contributed by atoms with Crippen molar-refractivity contribution in [2.24, 2.45) is 0 Å². The third-order valence-electron chi connectivity index (χ3n) is 5.50. The highest BCUT2D eigenvalue weighted by Gasteiger charge is 2.30. The monoisotopic (exact) mass is 391 g/mol. The zero-order valence-corrected chi connectivity index (χ0v) is 16.5. The van der Waals surface area contributed by atoms with Gasteiger partial charge >= 0.3 is 0 Å².